The molecule has 0 aliphatic carbocycles. The van der Waals surface area contributed by atoms with Gasteiger partial charge in [-0.3, -0.25) is 9.59 Å². The number of rotatable bonds is 3. The summed E-state index contributed by atoms with van der Waals surface area (Å²) in [6.45, 7) is 8.85. The van der Waals surface area contributed by atoms with E-state index in [1.807, 2.05) is 25.1 Å². The molecule has 7 nitrogen and oxygen atoms in total. The van der Waals surface area contributed by atoms with Crippen molar-refractivity contribution in [3.8, 4) is 5.75 Å². The number of hydrogen-bond donors (Lipinski definition) is 0. The Bertz CT molecular complexity index is 791. The van der Waals surface area contributed by atoms with E-state index in [-0.39, 0.29) is 37.4 Å². The van der Waals surface area contributed by atoms with Crippen molar-refractivity contribution in [2.45, 2.75) is 26.3 Å². The number of aryl methyl sites for hydroxylation is 1. The van der Waals surface area contributed by atoms with E-state index in [0.29, 0.717) is 25.4 Å². The van der Waals surface area contributed by atoms with Crippen molar-refractivity contribution in [3.05, 3.63) is 42.0 Å². The summed E-state index contributed by atoms with van der Waals surface area (Å²) in [7, 11) is 0. The summed E-state index contributed by atoms with van der Waals surface area (Å²) in [4.78, 5) is 40.9. The molecule has 2 atom stereocenters. The third-order valence-electron chi connectivity index (χ3n) is 5.15. The maximum absolute atomic E-state index is 12.9. The largest absolute Gasteiger partial charge is 0.493 e. The van der Waals surface area contributed by atoms with Gasteiger partial charge in [-0.05, 0) is 19.9 Å². The highest BCUT2D eigenvalue weighted by molar-refractivity contribution is 6.32. The Morgan fingerprint density at radius 3 is 2.89 bits per heavy atom. The quantitative estimate of drug-likeness (QED) is 0.450. The monoisotopic (exact) mass is 386 g/mol. The van der Waals surface area contributed by atoms with Gasteiger partial charge in [0.25, 0.3) is 0 Å². The van der Waals surface area contributed by atoms with Crippen LogP contribution in [-0.4, -0.2) is 60.4 Å². The van der Waals surface area contributed by atoms with E-state index in [0.717, 1.165) is 11.1 Å². The van der Waals surface area contributed by atoms with E-state index < -0.39 is 11.9 Å². The van der Waals surface area contributed by atoms with Crippen LogP contribution in [0.3, 0.4) is 0 Å². The molecule has 2 aliphatic rings. The number of nitrogens with zero attached hydrogens (tertiary/aromatic N) is 2. The van der Waals surface area contributed by atoms with Crippen LogP contribution < -0.4 is 4.74 Å². The first kappa shape index (κ1) is 19.9. The Labute approximate surface area is 164 Å². The van der Waals surface area contributed by atoms with Crippen LogP contribution in [-0.2, 0) is 19.1 Å². The minimum Gasteiger partial charge on any atom is -0.493 e. The first-order chi connectivity index (χ1) is 13.5. The normalized spacial score (nSPS) is 21.6. The van der Waals surface area contributed by atoms with E-state index in [9.17, 15) is 14.4 Å². The average Bonchev–Trinajstić information content (AvgIpc) is 2.67. The number of amides is 2. The maximum atomic E-state index is 12.9. The lowest BCUT2D eigenvalue weighted by molar-refractivity contribution is -0.163. The predicted octanol–water partition coefficient (Wildman–Crippen LogP) is 1.85. The maximum Gasteiger partial charge on any atom is 0.397 e. The molecule has 0 radical (unpaired) electrons. The zero-order valence-electron chi connectivity index (χ0n) is 16.3. The molecule has 1 fully saturated rings. The molecule has 3 rings (SSSR count). The SMILES string of the molecule is C=CCN1C[C@H]2COc3ccc(C)cc3[C@H]2N(C(=O)C(=O)OCC)CCC1=O. The molecule has 150 valence electrons. The minimum absolute atomic E-state index is 0.0740. The van der Waals surface area contributed by atoms with Gasteiger partial charge in [-0.2, -0.15) is 0 Å². The second-order valence-electron chi connectivity index (χ2n) is 7.11. The number of ether oxygens (including phenoxy) is 2. The van der Waals surface area contributed by atoms with Crippen molar-refractivity contribution < 1.29 is 23.9 Å². The van der Waals surface area contributed by atoms with Crippen molar-refractivity contribution in [3.63, 3.8) is 0 Å². The summed E-state index contributed by atoms with van der Waals surface area (Å²) >= 11 is 0. The Balaban J connectivity index is 2.03. The highest BCUT2D eigenvalue weighted by atomic mass is 16.5. The molecule has 7 heteroatoms. The van der Waals surface area contributed by atoms with Crippen LogP contribution in [0.1, 0.15) is 30.5 Å². The molecule has 0 aromatic heterocycles. The number of fused-ring (bicyclic) bond motifs is 3. The van der Waals surface area contributed by atoms with Crippen LogP contribution >= 0.6 is 0 Å². The zero-order valence-corrected chi connectivity index (χ0v) is 16.3. The van der Waals surface area contributed by atoms with Crippen molar-refractivity contribution >= 4 is 17.8 Å². The summed E-state index contributed by atoms with van der Waals surface area (Å²) < 4.78 is 10.9. The van der Waals surface area contributed by atoms with Crippen LogP contribution in [0.4, 0.5) is 0 Å². The first-order valence-corrected chi connectivity index (χ1v) is 9.56. The number of esters is 1. The molecule has 1 aromatic rings. The molecule has 0 saturated carbocycles. The third kappa shape index (κ3) is 3.88. The fourth-order valence-electron chi connectivity index (χ4n) is 3.92. The van der Waals surface area contributed by atoms with Gasteiger partial charge in [-0.15, -0.1) is 6.58 Å². The molecule has 28 heavy (non-hydrogen) atoms. The molecule has 2 amide bonds. The minimum atomic E-state index is -0.891. The van der Waals surface area contributed by atoms with Gasteiger partial charge in [0, 0.05) is 37.5 Å². The summed E-state index contributed by atoms with van der Waals surface area (Å²) in [6, 6.07) is 5.46. The lowest BCUT2D eigenvalue weighted by Gasteiger charge is -2.44. The zero-order chi connectivity index (χ0) is 20.3. The van der Waals surface area contributed by atoms with Crippen molar-refractivity contribution in [2.75, 3.05) is 32.8 Å². The summed E-state index contributed by atoms with van der Waals surface area (Å²) in [5, 5.41) is 0. The molecule has 1 aromatic carbocycles. The van der Waals surface area contributed by atoms with Gasteiger partial charge in [0.1, 0.15) is 5.75 Å². The lowest BCUT2D eigenvalue weighted by Crippen LogP contribution is -2.52. The Kier molecular flexibility index (Phi) is 6.02. The molecular formula is C21H26N2O5. The molecule has 0 bridgehead atoms. The van der Waals surface area contributed by atoms with Crippen LogP contribution in [0.2, 0.25) is 0 Å². The van der Waals surface area contributed by atoms with Crippen molar-refractivity contribution in [2.24, 2.45) is 5.92 Å². The number of carbonyl (C=O) groups is 3. The van der Waals surface area contributed by atoms with Crippen LogP contribution in [0.25, 0.3) is 0 Å². The standard InChI is InChI=1S/C21H26N2O5/c1-4-9-22-12-15-13-28-17-7-6-14(3)11-16(17)19(15)23(10-8-18(22)24)20(25)21(26)27-5-2/h4,6-7,11,15,19H,1,5,8-10,12-13H2,2-3H3/t15-,19-/m0/s1. The lowest BCUT2D eigenvalue weighted by atomic mass is 9.86. The predicted molar refractivity (Wildman–Crippen MR) is 103 cm³/mol. The van der Waals surface area contributed by atoms with E-state index in [4.69, 9.17) is 9.47 Å². The third-order valence-corrected chi connectivity index (χ3v) is 5.15. The average molecular weight is 386 g/mol. The number of benzene rings is 1. The van der Waals surface area contributed by atoms with E-state index in [1.165, 1.54) is 4.90 Å². The number of carbonyl (C=O) groups excluding carboxylic acids is 3. The second-order valence-corrected chi connectivity index (χ2v) is 7.11. The Morgan fingerprint density at radius 1 is 1.39 bits per heavy atom. The van der Waals surface area contributed by atoms with Gasteiger partial charge in [0.15, 0.2) is 0 Å². The van der Waals surface area contributed by atoms with Gasteiger partial charge in [0.2, 0.25) is 5.91 Å². The van der Waals surface area contributed by atoms with Crippen molar-refractivity contribution in [1.29, 1.82) is 0 Å². The molecular weight excluding hydrogens is 360 g/mol. The molecule has 0 unspecified atom stereocenters. The highest BCUT2D eigenvalue weighted by Gasteiger charge is 2.42. The van der Waals surface area contributed by atoms with E-state index >= 15 is 0 Å². The second kappa shape index (κ2) is 8.46. The van der Waals surface area contributed by atoms with Crippen LogP contribution in [0.5, 0.6) is 5.75 Å². The molecule has 2 heterocycles. The summed E-state index contributed by atoms with van der Waals surface area (Å²) in [5.41, 5.74) is 1.90. The van der Waals surface area contributed by atoms with Gasteiger partial charge < -0.3 is 19.3 Å². The van der Waals surface area contributed by atoms with E-state index in [1.54, 1.807) is 17.9 Å². The Hall–Kier alpha value is -2.83. The fraction of sp³-hybridized carbons (Fsp3) is 0.476. The Morgan fingerprint density at radius 2 is 2.18 bits per heavy atom. The topological polar surface area (TPSA) is 76.2 Å². The van der Waals surface area contributed by atoms with Gasteiger partial charge >= 0.3 is 11.9 Å². The molecule has 2 aliphatic heterocycles. The van der Waals surface area contributed by atoms with E-state index in [2.05, 4.69) is 6.58 Å². The fourth-order valence-corrected chi connectivity index (χ4v) is 3.92. The van der Waals surface area contributed by atoms with Gasteiger partial charge in [-0.25, -0.2) is 4.79 Å². The van der Waals surface area contributed by atoms with Crippen LogP contribution in [0.15, 0.2) is 30.9 Å². The molecule has 0 spiro atoms. The highest BCUT2D eigenvalue weighted by Crippen LogP contribution is 2.41. The van der Waals surface area contributed by atoms with Crippen molar-refractivity contribution in [1.82, 2.24) is 9.80 Å². The first-order valence-electron chi connectivity index (χ1n) is 9.56. The van der Waals surface area contributed by atoms with Gasteiger partial charge in [0.05, 0.1) is 19.3 Å². The summed E-state index contributed by atoms with van der Waals surface area (Å²) in [5.74, 6) is -1.13. The smallest absolute Gasteiger partial charge is 0.397 e. The molecule has 1 saturated heterocycles. The number of hydrogen-bond acceptors (Lipinski definition) is 5. The molecule has 0 N–H and O–H groups in total. The van der Waals surface area contributed by atoms with Crippen LogP contribution in [0, 0.1) is 12.8 Å². The van der Waals surface area contributed by atoms with Gasteiger partial charge in [-0.1, -0.05) is 23.8 Å². The summed E-state index contributed by atoms with van der Waals surface area (Å²) in [6.07, 6.45) is 1.84.